The van der Waals surface area contributed by atoms with Crippen LogP contribution < -0.4 is 15.8 Å². The molecule has 0 aliphatic heterocycles. The van der Waals surface area contributed by atoms with Gasteiger partial charge in [0, 0.05) is 31.1 Å². The van der Waals surface area contributed by atoms with Gasteiger partial charge in [-0.05, 0) is 30.5 Å². The van der Waals surface area contributed by atoms with Gasteiger partial charge in [0.2, 0.25) is 0 Å². The standard InChI is InChI=1S/C21H17ClF9N5O2/c1-36-16(14(38-18(23)24)15(35-36)19(25,20(26,27)28)21(29,30)31)33-8-10(7-32)9-2-5-13(22)12(6-9)17(37)34-11-3-4-11/h2,5-8,11,18H,3-4,32H2,1H3,(H,34,37). The van der Waals surface area contributed by atoms with Crippen LogP contribution in [0, 0.1) is 0 Å². The van der Waals surface area contributed by atoms with Gasteiger partial charge >= 0.3 is 24.6 Å². The molecule has 1 aliphatic carbocycles. The lowest BCUT2D eigenvalue weighted by Crippen LogP contribution is -2.51. The number of aliphatic imine (C=N–C) groups is 1. The fourth-order valence-electron chi connectivity index (χ4n) is 3.20. The maximum atomic E-state index is 14.6. The van der Waals surface area contributed by atoms with Gasteiger partial charge in [0.25, 0.3) is 5.91 Å². The van der Waals surface area contributed by atoms with E-state index in [-0.39, 0.29) is 32.4 Å². The van der Waals surface area contributed by atoms with Crippen LogP contribution in [-0.4, -0.2) is 46.9 Å². The van der Waals surface area contributed by atoms with Crippen LogP contribution in [-0.2, 0) is 12.7 Å². The Morgan fingerprint density at radius 2 is 1.82 bits per heavy atom. The van der Waals surface area contributed by atoms with E-state index in [0.29, 0.717) is 0 Å². The van der Waals surface area contributed by atoms with Crippen LogP contribution in [0.5, 0.6) is 5.75 Å². The van der Waals surface area contributed by atoms with Crippen molar-refractivity contribution in [2.75, 3.05) is 0 Å². The third kappa shape index (κ3) is 5.68. The number of halogens is 10. The molecule has 1 aromatic heterocycles. The van der Waals surface area contributed by atoms with Crippen molar-refractivity contribution in [2.24, 2.45) is 17.8 Å². The molecule has 1 saturated carbocycles. The molecule has 1 heterocycles. The van der Waals surface area contributed by atoms with E-state index in [1.165, 1.54) is 18.2 Å². The number of benzene rings is 1. The lowest BCUT2D eigenvalue weighted by atomic mass is 9.99. The average molecular weight is 578 g/mol. The number of nitrogens with zero attached hydrogens (tertiary/aromatic N) is 3. The highest BCUT2D eigenvalue weighted by Crippen LogP contribution is 2.56. The second-order valence-corrected chi connectivity index (χ2v) is 8.39. The van der Waals surface area contributed by atoms with Crippen molar-refractivity contribution in [3.63, 3.8) is 0 Å². The van der Waals surface area contributed by atoms with E-state index in [1.807, 2.05) is 0 Å². The van der Waals surface area contributed by atoms with Crippen molar-refractivity contribution >= 4 is 35.1 Å². The number of carbonyl (C=O) groups excluding carboxylic acids is 1. The lowest BCUT2D eigenvalue weighted by molar-refractivity contribution is -0.350. The van der Waals surface area contributed by atoms with E-state index in [4.69, 9.17) is 17.3 Å². The van der Waals surface area contributed by atoms with Crippen LogP contribution in [0.25, 0.3) is 5.57 Å². The van der Waals surface area contributed by atoms with E-state index in [1.54, 1.807) is 0 Å². The van der Waals surface area contributed by atoms with Crippen LogP contribution in [0.15, 0.2) is 29.4 Å². The van der Waals surface area contributed by atoms with Crippen molar-refractivity contribution in [3.05, 3.63) is 46.2 Å². The predicted molar refractivity (Wildman–Crippen MR) is 117 cm³/mol. The smallest absolute Gasteiger partial charge is 0.429 e. The molecule has 0 saturated heterocycles. The molecular weight excluding hydrogens is 561 g/mol. The average Bonchev–Trinajstić information content (AvgIpc) is 3.56. The van der Waals surface area contributed by atoms with Crippen LogP contribution >= 0.6 is 11.6 Å². The molecule has 38 heavy (non-hydrogen) atoms. The number of nitrogens with two attached hydrogens (primary N) is 1. The molecule has 7 nitrogen and oxygen atoms in total. The molecule has 1 amide bonds. The molecule has 2 aromatic rings. The summed E-state index contributed by atoms with van der Waals surface area (Å²) >= 11 is 6.06. The van der Waals surface area contributed by atoms with Crippen LogP contribution in [0.2, 0.25) is 5.02 Å². The first-order chi connectivity index (χ1) is 17.5. The van der Waals surface area contributed by atoms with Crippen molar-refractivity contribution < 1.29 is 49.0 Å². The summed E-state index contributed by atoms with van der Waals surface area (Å²) in [5.41, 5.74) is -3.03. The molecule has 3 N–H and O–H groups in total. The first-order valence-corrected chi connectivity index (χ1v) is 10.8. The van der Waals surface area contributed by atoms with Gasteiger partial charge in [0.1, 0.15) is 0 Å². The number of nitrogens with one attached hydrogen (secondary N) is 1. The largest absolute Gasteiger partial charge is 0.437 e. The summed E-state index contributed by atoms with van der Waals surface area (Å²) in [7, 11) is 0.732. The Kier molecular flexibility index (Phi) is 7.96. The van der Waals surface area contributed by atoms with Gasteiger partial charge < -0.3 is 15.8 Å². The molecule has 0 spiro atoms. The number of aryl methyl sites for hydroxylation is 1. The van der Waals surface area contributed by atoms with E-state index in [2.05, 4.69) is 20.1 Å². The van der Waals surface area contributed by atoms with Crippen molar-refractivity contribution in [2.45, 2.75) is 43.5 Å². The molecule has 0 radical (unpaired) electrons. The van der Waals surface area contributed by atoms with Crippen LogP contribution in [0.3, 0.4) is 0 Å². The number of hydrogen-bond donors (Lipinski definition) is 2. The maximum Gasteiger partial charge on any atom is 0.437 e. The van der Waals surface area contributed by atoms with E-state index in [9.17, 15) is 44.3 Å². The second-order valence-electron chi connectivity index (χ2n) is 7.98. The Morgan fingerprint density at radius 3 is 2.32 bits per heavy atom. The number of alkyl halides is 9. The highest BCUT2D eigenvalue weighted by atomic mass is 35.5. The second kappa shape index (κ2) is 10.4. The number of allylic oxidation sites excluding steroid dienone is 1. The molecule has 208 valence electrons. The number of ether oxygens (including phenoxy) is 1. The highest BCUT2D eigenvalue weighted by molar-refractivity contribution is 6.34. The molecule has 1 fully saturated rings. The fraction of sp³-hybridized carbons (Fsp3) is 0.381. The summed E-state index contributed by atoms with van der Waals surface area (Å²) in [6.45, 7) is -3.97. The Hall–Kier alpha value is -3.43. The van der Waals surface area contributed by atoms with Gasteiger partial charge in [-0.3, -0.25) is 4.79 Å². The number of hydrogen-bond acceptors (Lipinski definition) is 5. The molecule has 0 unspecified atom stereocenters. The van der Waals surface area contributed by atoms with E-state index >= 15 is 0 Å². The van der Waals surface area contributed by atoms with Gasteiger partial charge in [-0.2, -0.15) is 40.2 Å². The Labute approximate surface area is 213 Å². The Morgan fingerprint density at radius 1 is 1.21 bits per heavy atom. The lowest BCUT2D eigenvalue weighted by Gasteiger charge is -2.28. The summed E-state index contributed by atoms with van der Waals surface area (Å²) in [5, 5.41) is 5.60. The monoisotopic (exact) mass is 577 g/mol. The summed E-state index contributed by atoms with van der Waals surface area (Å²) in [4.78, 5) is 16.0. The number of aromatic nitrogens is 2. The third-order valence-corrected chi connectivity index (χ3v) is 5.58. The van der Waals surface area contributed by atoms with Crippen molar-refractivity contribution in [3.8, 4) is 5.75 Å². The van der Waals surface area contributed by atoms with Crippen molar-refractivity contribution in [1.29, 1.82) is 0 Å². The number of carbonyl (C=O) groups is 1. The fourth-order valence-corrected chi connectivity index (χ4v) is 3.41. The number of rotatable bonds is 8. The minimum absolute atomic E-state index is 0.0170. The Balaban J connectivity index is 2.08. The third-order valence-electron chi connectivity index (χ3n) is 5.25. The molecule has 0 atom stereocenters. The highest BCUT2D eigenvalue weighted by Gasteiger charge is 2.76. The first kappa shape index (κ1) is 29.1. The summed E-state index contributed by atoms with van der Waals surface area (Å²) in [5.74, 6) is -3.53. The SMILES string of the molecule is Cn1nc(C(F)(C(F)(F)F)C(F)(F)F)c(OC(F)F)c1N=CC(=CN)c1ccc(Cl)c(C(=O)NC2CC2)c1. The van der Waals surface area contributed by atoms with Crippen LogP contribution in [0.4, 0.5) is 45.3 Å². The summed E-state index contributed by atoms with van der Waals surface area (Å²) < 4.78 is 124. The quantitative estimate of drug-likeness (QED) is 0.317. The summed E-state index contributed by atoms with van der Waals surface area (Å²) in [6, 6.07) is 3.92. The van der Waals surface area contributed by atoms with Gasteiger partial charge in [-0.15, -0.1) is 0 Å². The van der Waals surface area contributed by atoms with Gasteiger partial charge in [0.15, 0.2) is 17.3 Å². The summed E-state index contributed by atoms with van der Waals surface area (Å²) in [6.07, 6.45) is -10.1. The zero-order chi connectivity index (χ0) is 28.6. The first-order valence-electron chi connectivity index (χ1n) is 10.4. The van der Waals surface area contributed by atoms with Crippen molar-refractivity contribution in [1.82, 2.24) is 15.1 Å². The topological polar surface area (TPSA) is 94.5 Å². The molecule has 1 aromatic carbocycles. The molecule has 1 aliphatic rings. The molecule has 0 bridgehead atoms. The van der Waals surface area contributed by atoms with E-state index in [0.717, 1.165) is 32.3 Å². The van der Waals surface area contributed by atoms with Crippen LogP contribution in [0.1, 0.15) is 34.5 Å². The molecule has 17 heteroatoms. The normalized spacial score (nSPS) is 15.4. The van der Waals surface area contributed by atoms with Gasteiger partial charge in [-0.25, -0.2) is 14.1 Å². The zero-order valence-electron chi connectivity index (χ0n) is 19.0. The molecule has 3 rings (SSSR count). The predicted octanol–water partition coefficient (Wildman–Crippen LogP) is 5.56. The molecular formula is C21H17ClF9N5O2. The van der Waals surface area contributed by atoms with Gasteiger partial charge in [0.05, 0.1) is 10.6 Å². The minimum Gasteiger partial charge on any atom is -0.429 e. The zero-order valence-corrected chi connectivity index (χ0v) is 19.7. The van der Waals surface area contributed by atoms with Gasteiger partial charge in [-0.1, -0.05) is 17.7 Å². The Bertz CT molecular complexity index is 1250. The maximum absolute atomic E-state index is 14.6. The van der Waals surface area contributed by atoms with E-state index < -0.39 is 47.8 Å². The minimum atomic E-state index is -6.65. The number of amides is 1.